The van der Waals surface area contributed by atoms with Crippen LogP contribution in [0.25, 0.3) is 0 Å². The van der Waals surface area contributed by atoms with E-state index in [1.54, 1.807) is 0 Å². The lowest BCUT2D eigenvalue weighted by atomic mass is 9.95. The molecule has 1 saturated carbocycles. The molecule has 0 aliphatic heterocycles. The molecular formula is C14H12ClN3O2. The van der Waals surface area contributed by atoms with Gasteiger partial charge in [-0.05, 0) is 18.4 Å². The summed E-state index contributed by atoms with van der Waals surface area (Å²) in [5.74, 6) is -0.822. The zero-order valence-corrected chi connectivity index (χ0v) is 11.3. The molecule has 0 atom stereocenters. The van der Waals surface area contributed by atoms with Crippen molar-refractivity contribution in [1.29, 1.82) is 0 Å². The van der Waals surface area contributed by atoms with Crippen molar-refractivity contribution in [2.75, 3.05) is 0 Å². The average molecular weight is 290 g/mol. The van der Waals surface area contributed by atoms with Crippen molar-refractivity contribution in [3.63, 3.8) is 0 Å². The minimum Gasteiger partial charge on any atom is -0.325 e. The Hall–Kier alpha value is -2.14. The number of benzene rings is 1. The number of hydrogen-bond donors (Lipinski definition) is 2. The van der Waals surface area contributed by atoms with E-state index in [1.807, 2.05) is 30.3 Å². The number of H-pyrrole nitrogens is 1. The van der Waals surface area contributed by atoms with Crippen molar-refractivity contribution in [2.45, 2.75) is 18.3 Å². The average Bonchev–Trinajstić information content (AvgIpc) is 3.16. The van der Waals surface area contributed by atoms with Crippen LogP contribution in [0.15, 0.2) is 36.5 Å². The Labute approximate surface area is 120 Å². The maximum Gasteiger partial charge on any atom is 0.293 e. The number of rotatable bonds is 3. The molecule has 1 heterocycles. The third kappa shape index (κ3) is 2.20. The van der Waals surface area contributed by atoms with Crippen molar-refractivity contribution in [2.24, 2.45) is 0 Å². The lowest BCUT2D eigenvalue weighted by molar-refractivity contribution is -0.122. The number of carbonyl (C=O) groups excluding carboxylic acids is 2. The Bertz CT molecular complexity index is 662. The lowest BCUT2D eigenvalue weighted by Gasteiger charge is -2.14. The van der Waals surface area contributed by atoms with Crippen LogP contribution in [0.2, 0.25) is 5.15 Å². The van der Waals surface area contributed by atoms with Crippen molar-refractivity contribution in [1.82, 2.24) is 15.3 Å². The molecule has 6 heteroatoms. The molecule has 1 aromatic carbocycles. The molecule has 0 saturated heterocycles. The van der Waals surface area contributed by atoms with Gasteiger partial charge in [0, 0.05) is 0 Å². The standard InChI is InChI=1S/C14H12ClN3O2/c15-10-8-16-11(17-10)12(19)18-13(20)14(6-7-14)9-4-2-1-3-5-9/h1-5,8H,6-7H2,(H,16,17)(H,18,19,20). The van der Waals surface area contributed by atoms with Crippen LogP contribution in [0, 0.1) is 0 Å². The first-order valence-corrected chi connectivity index (χ1v) is 6.61. The van der Waals surface area contributed by atoms with Gasteiger partial charge in [0.05, 0.1) is 11.6 Å². The number of halogens is 1. The number of aromatic nitrogens is 2. The number of aromatic amines is 1. The van der Waals surface area contributed by atoms with Gasteiger partial charge in [-0.2, -0.15) is 0 Å². The van der Waals surface area contributed by atoms with E-state index in [9.17, 15) is 9.59 Å². The van der Waals surface area contributed by atoms with E-state index in [0.29, 0.717) is 0 Å². The molecule has 3 rings (SSSR count). The van der Waals surface area contributed by atoms with Crippen molar-refractivity contribution in [3.05, 3.63) is 53.1 Å². The summed E-state index contributed by atoms with van der Waals surface area (Å²) in [7, 11) is 0. The second kappa shape index (κ2) is 4.76. The summed E-state index contributed by atoms with van der Waals surface area (Å²) >= 11 is 5.66. The van der Waals surface area contributed by atoms with Crippen LogP contribution in [0.3, 0.4) is 0 Å². The Morgan fingerprint density at radius 1 is 1.25 bits per heavy atom. The smallest absolute Gasteiger partial charge is 0.293 e. The zero-order valence-electron chi connectivity index (χ0n) is 10.5. The fourth-order valence-electron chi connectivity index (χ4n) is 2.23. The van der Waals surface area contributed by atoms with Gasteiger partial charge in [-0.3, -0.25) is 14.9 Å². The minimum absolute atomic E-state index is 0.0345. The van der Waals surface area contributed by atoms with Crippen LogP contribution in [0.1, 0.15) is 29.0 Å². The second-order valence-corrected chi connectivity index (χ2v) is 5.22. The molecule has 1 aliphatic rings. The normalized spacial score (nSPS) is 15.7. The Kier molecular flexibility index (Phi) is 3.06. The third-order valence-corrected chi connectivity index (χ3v) is 3.69. The van der Waals surface area contributed by atoms with Gasteiger partial charge < -0.3 is 4.98 Å². The minimum atomic E-state index is -0.576. The molecule has 2 amide bonds. The van der Waals surface area contributed by atoms with Crippen LogP contribution >= 0.6 is 11.6 Å². The van der Waals surface area contributed by atoms with Crippen molar-refractivity contribution in [3.8, 4) is 0 Å². The van der Waals surface area contributed by atoms with E-state index in [4.69, 9.17) is 11.6 Å². The van der Waals surface area contributed by atoms with Gasteiger partial charge in [0.2, 0.25) is 5.91 Å². The Morgan fingerprint density at radius 2 is 1.95 bits per heavy atom. The highest BCUT2D eigenvalue weighted by Gasteiger charge is 2.51. The fraction of sp³-hybridized carbons (Fsp3) is 0.214. The van der Waals surface area contributed by atoms with Gasteiger partial charge in [0.1, 0.15) is 5.15 Å². The van der Waals surface area contributed by atoms with Gasteiger partial charge in [-0.15, -0.1) is 0 Å². The lowest BCUT2D eigenvalue weighted by Crippen LogP contribution is -2.39. The Balaban J connectivity index is 1.76. The molecule has 102 valence electrons. The molecule has 1 aliphatic carbocycles. The summed E-state index contributed by atoms with van der Waals surface area (Å²) in [6.45, 7) is 0. The molecule has 2 aromatic rings. The van der Waals surface area contributed by atoms with Gasteiger partial charge >= 0.3 is 0 Å². The summed E-state index contributed by atoms with van der Waals surface area (Å²) < 4.78 is 0. The van der Waals surface area contributed by atoms with Crippen LogP contribution in [-0.2, 0) is 10.2 Å². The second-order valence-electron chi connectivity index (χ2n) is 4.81. The van der Waals surface area contributed by atoms with E-state index >= 15 is 0 Å². The third-order valence-electron chi connectivity index (χ3n) is 3.50. The molecule has 0 bridgehead atoms. The number of imidazole rings is 1. The van der Waals surface area contributed by atoms with E-state index in [0.717, 1.165) is 18.4 Å². The van der Waals surface area contributed by atoms with Gasteiger partial charge in [-0.1, -0.05) is 41.9 Å². The summed E-state index contributed by atoms with van der Waals surface area (Å²) in [4.78, 5) is 30.6. The highest BCUT2D eigenvalue weighted by molar-refractivity contribution is 6.29. The van der Waals surface area contributed by atoms with Gasteiger partial charge in [0.15, 0.2) is 5.82 Å². The van der Waals surface area contributed by atoms with E-state index in [2.05, 4.69) is 15.3 Å². The molecule has 1 fully saturated rings. The topological polar surface area (TPSA) is 74.8 Å². The molecule has 0 spiro atoms. The summed E-state index contributed by atoms with van der Waals surface area (Å²) in [5, 5.41) is 2.64. The molecule has 2 N–H and O–H groups in total. The summed E-state index contributed by atoms with van der Waals surface area (Å²) in [6.07, 6.45) is 2.81. The largest absolute Gasteiger partial charge is 0.325 e. The maximum atomic E-state index is 12.3. The van der Waals surface area contributed by atoms with Crippen molar-refractivity contribution >= 4 is 23.4 Å². The molecule has 20 heavy (non-hydrogen) atoms. The molecule has 1 aromatic heterocycles. The maximum absolute atomic E-state index is 12.3. The van der Waals surface area contributed by atoms with Crippen LogP contribution in [-0.4, -0.2) is 21.8 Å². The highest BCUT2D eigenvalue weighted by Crippen LogP contribution is 2.48. The van der Waals surface area contributed by atoms with E-state index in [-0.39, 0.29) is 16.9 Å². The van der Waals surface area contributed by atoms with E-state index < -0.39 is 11.3 Å². The molecule has 5 nitrogen and oxygen atoms in total. The first-order valence-electron chi connectivity index (χ1n) is 6.24. The number of nitrogens with one attached hydrogen (secondary N) is 2. The summed E-state index contributed by atoms with van der Waals surface area (Å²) in [5.41, 5.74) is 0.357. The van der Waals surface area contributed by atoms with Crippen LogP contribution in [0.5, 0.6) is 0 Å². The number of amides is 2. The quantitative estimate of drug-likeness (QED) is 0.849. The van der Waals surface area contributed by atoms with Crippen LogP contribution < -0.4 is 5.32 Å². The number of hydrogen-bond acceptors (Lipinski definition) is 3. The fourth-order valence-corrected chi connectivity index (χ4v) is 2.36. The SMILES string of the molecule is O=C(NC(=O)C1(c2ccccc2)CC1)c1ncc(Cl)[nH]1. The first kappa shape index (κ1) is 12.9. The molecular weight excluding hydrogens is 278 g/mol. The zero-order chi connectivity index (χ0) is 14.2. The molecule has 0 radical (unpaired) electrons. The van der Waals surface area contributed by atoms with Crippen LogP contribution in [0.4, 0.5) is 0 Å². The van der Waals surface area contributed by atoms with Crippen molar-refractivity contribution < 1.29 is 9.59 Å². The highest BCUT2D eigenvalue weighted by atomic mass is 35.5. The van der Waals surface area contributed by atoms with Gasteiger partial charge in [-0.25, -0.2) is 4.98 Å². The molecule has 0 unspecified atom stereocenters. The monoisotopic (exact) mass is 289 g/mol. The number of imide groups is 1. The summed E-state index contributed by atoms with van der Waals surface area (Å²) in [6, 6.07) is 9.47. The number of nitrogens with zero attached hydrogens (tertiary/aromatic N) is 1. The predicted molar refractivity (Wildman–Crippen MR) is 73.4 cm³/mol. The van der Waals surface area contributed by atoms with Gasteiger partial charge in [0.25, 0.3) is 5.91 Å². The van der Waals surface area contributed by atoms with E-state index in [1.165, 1.54) is 6.20 Å². The first-order chi connectivity index (χ1) is 9.62. The predicted octanol–water partition coefficient (Wildman–Crippen LogP) is 2.05. The Morgan fingerprint density at radius 3 is 2.50 bits per heavy atom. The number of carbonyl (C=O) groups is 2.